The third kappa shape index (κ3) is 6.92. The first-order chi connectivity index (χ1) is 11.1. The number of hydrogen-bond acceptors (Lipinski definition) is 8. The Kier molecular flexibility index (Phi) is 9.21. The minimum atomic E-state index is -0.489. The SMILES string of the molecule is COC(=O)C(C)(C)SCC1CSC(CSC(C)(C)C(=O)OC)CS1. The summed E-state index contributed by atoms with van der Waals surface area (Å²) in [5.74, 6) is 3.73. The quantitative estimate of drug-likeness (QED) is 0.561. The standard InChI is InChI=1S/C16H28O4S4/c1-15(2,13(17)19-5)23-9-11-7-22-12(8-21-11)10-24-16(3,4)14(18)20-6/h11-12H,7-10H2,1-6H3. The summed E-state index contributed by atoms with van der Waals surface area (Å²) in [6.45, 7) is 7.66. The number of methoxy groups -OCH3 is 2. The summed E-state index contributed by atoms with van der Waals surface area (Å²) in [5.41, 5.74) is 0. The van der Waals surface area contributed by atoms with Gasteiger partial charge in [-0.2, -0.15) is 23.5 Å². The normalized spacial score (nSPS) is 22.1. The van der Waals surface area contributed by atoms with Crippen molar-refractivity contribution in [2.45, 2.75) is 47.7 Å². The molecule has 4 nitrogen and oxygen atoms in total. The van der Waals surface area contributed by atoms with Crippen LogP contribution in [0.2, 0.25) is 0 Å². The first-order valence-electron chi connectivity index (χ1n) is 7.80. The highest BCUT2D eigenvalue weighted by molar-refractivity contribution is 8.09. The molecule has 0 N–H and O–H groups in total. The number of ether oxygens (including phenoxy) is 2. The van der Waals surface area contributed by atoms with Gasteiger partial charge < -0.3 is 9.47 Å². The van der Waals surface area contributed by atoms with Gasteiger partial charge in [-0.15, -0.1) is 23.5 Å². The monoisotopic (exact) mass is 412 g/mol. The van der Waals surface area contributed by atoms with Gasteiger partial charge in [0.2, 0.25) is 0 Å². The fraction of sp³-hybridized carbons (Fsp3) is 0.875. The molecule has 0 saturated carbocycles. The molecule has 1 fully saturated rings. The summed E-state index contributed by atoms with van der Waals surface area (Å²) < 4.78 is 8.73. The van der Waals surface area contributed by atoms with E-state index in [1.165, 1.54) is 14.2 Å². The van der Waals surface area contributed by atoms with Crippen molar-refractivity contribution in [3.63, 3.8) is 0 Å². The second-order valence-corrected chi connectivity index (χ2v) is 12.5. The van der Waals surface area contributed by atoms with E-state index in [0.29, 0.717) is 10.5 Å². The van der Waals surface area contributed by atoms with Crippen molar-refractivity contribution in [3.05, 3.63) is 0 Å². The molecule has 8 heteroatoms. The van der Waals surface area contributed by atoms with E-state index in [2.05, 4.69) is 0 Å². The van der Waals surface area contributed by atoms with Crippen molar-refractivity contribution < 1.29 is 19.1 Å². The van der Waals surface area contributed by atoms with Crippen molar-refractivity contribution in [1.82, 2.24) is 0 Å². The van der Waals surface area contributed by atoms with Gasteiger partial charge in [0.25, 0.3) is 0 Å². The number of rotatable bonds is 8. The lowest BCUT2D eigenvalue weighted by Crippen LogP contribution is -2.33. The second-order valence-electron chi connectivity index (χ2n) is 6.54. The Balaban J connectivity index is 2.32. The first-order valence-corrected chi connectivity index (χ1v) is 11.9. The maximum absolute atomic E-state index is 11.7. The number of hydrogen-bond donors (Lipinski definition) is 0. The summed E-state index contributed by atoms with van der Waals surface area (Å²) in [4.78, 5) is 23.4. The molecular formula is C16H28O4S4. The molecule has 0 aromatic heterocycles. The molecule has 0 radical (unpaired) electrons. The van der Waals surface area contributed by atoms with Crippen molar-refractivity contribution in [2.24, 2.45) is 0 Å². The third-order valence-corrected chi connectivity index (χ3v) is 10.2. The smallest absolute Gasteiger partial charge is 0.321 e. The largest absolute Gasteiger partial charge is 0.468 e. The van der Waals surface area contributed by atoms with Crippen LogP contribution < -0.4 is 0 Å². The maximum atomic E-state index is 11.7. The molecule has 0 bridgehead atoms. The van der Waals surface area contributed by atoms with E-state index in [1.54, 1.807) is 23.5 Å². The lowest BCUT2D eigenvalue weighted by atomic mass is 10.2. The fourth-order valence-electron chi connectivity index (χ4n) is 1.99. The maximum Gasteiger partial charge on any atom is 0.321 e. The zero-order valence-corrected chi connectivity index (χ0v) is 18.5. The molecule has 0 amide bonds. The van der Waals surface area contributed by atoms with Gasteiger partial charge in [-0.25, -0.2) is 0 Å². The summed E-state index contributed by atoms with van der Waals surface area (Å²) >= 11 is 7.28. The zero-order chi connectivity index (χ0) is 18.4. The number of carbonyl (C=O) groups is 2. The van der Waals surface area contributed by atoms with Crippen molar-refractivity contribution in [1.29, 1.82) is 0 Å². The molecule has 24 heavy (non-hydrogen) atoms. The van der Waals surface area contributed by atoms with Gasteiger partial charge in [-0.05, 0) is 27.7 Å². The molecular weight excluding hydrogens is 384 g/mol. The fourth-order valence-corrected chi connectivity index (χ4v) is 7.76. The second kappa shape index (κ2) is 9.88. The molecule has 1 heterocycles. The van der Waals surface area contributed by atoms with Gasteiger partial charge in [0.1, 0.15) is 9.49 Å². The predicted octanol–water partition coefficient (Wildman–Crippen LogP) is 3.57. The molecule has 140 valence electrons. The van der Waals surface area contributed by atoms with E-state index in [-0.39, 0.29) is 11.9 Å². The Morgan fingerprint density at radius 1 is 0.875 bits per heavy atom. The average molecular weight is 413 g/mol. The number of carbonyl (C=O) groups excluding carboxylic acids is 2. The summed E-state index contributed by atoms with van der Waals surface area (Å²) in [6, 6.07) is 0. The molecule has 0 aromatic carbocycles. The van der Waals surface area contributed by atoms with Gasteiger partial charge in [0, 0.05) is 33.5 Å². The molecule has 1 saturated heterocycles. The summed E-state index contributed by atoms with van der Waals surface area (Å²) in [6.07, 6.45) is 0. The van der Waals surface area contributed by atoms with Crippen molar-refractivity contribution in [2.75, 3.05) is 37.2 Å². The Hall–Kier alpha value is 0.340. The van der Waals surface area contributed by atoms with Crippen LogP contribution in [-0.2, 0) is 19.1 Å². The van der Waals surface area contributed by atoms with E-state index in [9.17, 15) is 9.59 Å². The number of esters is 2. The van der Waals surface area contributed by atoms with E-state index >= 15 is 0 Å². The van der Waals surface area contributed by atoms with Gasteiger partial charge in [-0.1, -0.05) is 0 Å². The summed E-state index contributed by atoms with van der Waals surface area (Å²) in [5, 5.41) is 1.11. The van der Waals surface area contributed by atoms with Crippen LogP contribution in [0.5, 0.6) is 0 Å². The zero-order valence-electron chi connectivity index (χ0n) is 15.2. The Morgan fingerprint density at radius 3 is 1.46 bits per heavy atom. The highest BCUT2D eigenvalue weighted by atomic mass is 32.2. The highest BCUT2D eigenvalue weighted by Gasteiger charge is 2.33. The minimum absolute atomic E-state index is 0.166. The van der Waals surface area contributed by atoms with Crippen LogP contribution in [0.3, 0.4) is 0 Å². The molecule has 1 aliphatic rings. The highest BCUT2D eigenvalue weighted by Crippen LogP contribution is 2.38. The molecule has 2 atom stereocenters. The van der Waals surface area contributed by atoms with Crippen LogP contribution in [0.25, 0.3) is 0 Å². The summed E-state index contributed by atoms with van der Waals surface area (Å²) in [7, 11) is 2.88. The first kappa shape index (κ1) is 22.4. The van der Waals surface area contributed by atoms with Crippen molar-refractivity contribution in [3.8, 4) is 0 Å². The van der Waals surface area contributed by atoms with Crippen LogP contribution in [0, 0.1) is 0 Å². The van der Waals surface area contributed by atoms with Crippen LogP contribution in [0.1, 0.15) is 27.7 Å². The van der Waals surface area contributed by atoms with E-state index < -0.39 is 9.49 Å². The van der Waals surface area contributed by atoms with Gasteiger partial charge in [-0.3, -0.25) is 9.59 Å². The molecule has 1 aliphatic heterocycles. The Labute approximate surface area is 162 Å². The topological polar surface area (TPSA) is 52.6 Å². The van der Waals surface area contributed by atoms with E-state index in [0.717, 1.165) is 23.0 Å². The number of thioether (sulfide) groups is 4. The van der Waals surface area contributed by atoms with Gasteiger partial charge >= 0.3 is 11.9 Å². The van der Waals surface area contributed by atoms with Crippen LogP contribution in [-0.4, -0.2) is 69.2 Å². The minimum Gasteiger partial charge on any atom is -0.468 e. The Bertz CT molecular complexity index is 392. The molecule has 1 rings (SSSR count). The predicted molar refractivity (Wildman–Crippen MR) is 110 cm³/mol. The molecule has 0 aromatic rings. The van der Waals surface area contributed by atoms with Crippen molar-refractivity contribution >= 4 is 59.0 Å². The lowest BCUT2D eigenvalue weighted by molar-refractivity contribution is -0.143. The van der Waals surface area contributed by atoms with E-state index in [4.69, 9.17) is 9.47 Å². The lowest BCUT2D eigenvalue weighted by Gasteiger charge is -2.31. The van der Waals surface area contributed by atoms with Gasteiger partial charge in [0.05, 0.1) is 14.2 Å². The van der Waals surface area contributed by atoms with Crippen LogP contribution >= 0.6 is 47.0 Å². The van der Waals surface area contributed by atoms with E-state index in [1.807, 2.05) is 51.2 Å². The van der Waals surface area contributed by atoms with Gasteiger partial charge in [0.15, 0.2) is 0 Å². The molecule has 2 unspecified atom stereocenters. The Morgan fingerprint density at radius 2 is 1.21 bits per heavy atom. The van der Waals surface area contributed by atoms with Crippen LogP contribution in [0.15, 0.2) is 0 Å². The third-order valence-electron chi connectivity index (χ3n) is 3.65. The van der Waals surface area contributed by atoms with Crippen LogP contribution in [0.4, 0.5) is 0 Å². The molecule has 0 spiro atoms. The molecule has 0 aliphatic carbocycles. The average Bonchev–Trinajstić information content (AvgIpc) is 2.57.